The van der Waals surface area contributed by atoms with Crippen LogP contribution in [0.5, 0.6) is 11.5 Å². The normalized spacial score (nSPS) is 27.7. The van der Waals surface area contributed by atoms with Crippen molar-refractivity contribution in [3.8, 4) is 11.5 Å². The van der Waals surface area contributed by atoms with Gasteiger partial charge in [-0.25, -0.2) is 0 Å². The van der Waals surface area contributed by atoms with Crippen LogP contribution in [-0.2, 0) is 4.79 Å². The van der Waals surface area contributed by atoms with E-state index in [1.54, 1.807) is 24.3 Å². The van der Waals surface area contributed by atoms with Crippen molar-refractivity contribution < 1.29 is 14.3 Å². The Kier molecular flexibility index (Phi) is 5.53. The summed E-state index contributed by atoms with van der Waals surface area (Å²) in [6.07, 6.45) is 5.42. The van der Waals surface area contributed by atoms with Crippen LogP contribution in [0.15, 0.2) is 48.5 Å². The average Bonchev–Trinajstić information content (AvgIpc) is 2.72. The molecule has 1 N–H and O–H groups in total. The fourth-order valence-corrected chi connectivity index (χ4v) is 5.62. The van der Waals surface area contributed by atoms with Gasteiger partial charge < -0.3 is 14.8 Å². The predicted octanol–water partition coefficient (Wildman–Crippen LogP) is 4.71. The minimum atomic E-state index is -0.0571. The van der Waals surface area contributed by atoms with Gasteiger partial charge in [-0.2, -0.15) is 0 Å². The number of halogens is 2. The summed E-state index contributed by atoms with van der Waals surface area (Å²) < 4.78 is 11.7. The molecule has 0 spiro atoms. The molecule has 3 aliphatic carbocycles. The van der Waals surface area contributed by atoms with Crippen molar-refractivity contribution in [1.82, 2.24) is 10.2 Å². The molecule has 0 radical (unpaired) electrons. The lowest BCUT2D eigenvalue weighted by molar-refractivity contribution is -0.191. The van der Waals surface area contributed by atoms with Crippen molar-refractivity contribution in [3.05, 3.63) is 58.6 Å². The maximum absolute atomic E-state index is 12.3. The van der Waals surface area contributed by atoms with E-state index in [1.165, 1.54) is 0 Å². The Bertz CT molecular complexity index is 921. The molecule has 5 nitrogen and oxygen atoms in total. The van der Waals surface area contributed by atoms with E-state index in [0.717, 1.165) is 56.0 Å². The monoisotopic (exact) mass is 460 g/mol. The number of rotatable bonds is 7. The van der Waals surface area contributed by atoms with E-state index in [1.807, 2.05) is 24.3 Å². The van der Waals surface area contributed by atoms with E-state index < -0.39 is 0 Å². The van der Waals surface area contributed by atoms with Gasteiger partial charge in [0.25, 0.3) is 5.91 Å². The summed E-state index contributed by atoms with van der Waals surface area (Å²) in [6.45, 7) is 2.12. The van der Waals surface area contributed by atoms with Gasteiger partial charge in [0.05, 0.1) is 0 Å². The van der Waals surface area contributed by atoms with Crippen molar-refractivity contribution >= 4 is 29.1 Å². The fraction of sp³-hybridized carbons (Fsp3) is 0.458. The van der Waals surface area contributed by atoms with E-state index in [9.17, 15) is 4.79 Å². The maximum atomic E-state index is 12.3. The van der Waals surface area contributed by atoms with Gasteiger partial charge in [-0.05, 0) is 80.6 Å². The third-order valence-electron chi connectivity index (χ3n) is 6.82. The first-order valence-electron chi connectivity index (χ1n) is 10.8. The van der Waals surface area contributed by atoms with Gasteiger partial charge in [0.1, 0.15) is 17.6 Å². The third kappa shape index (κ3) is 4.36. The molecular weight excluding hydrogens is 435 g/mol. The predicted molar refractivity (Wildman–Crippen MR) is 121 cm³/mol. The number of benzene rings is 2. The Morgan fingerprint density at radius 1 is 0.935 bits per heavy atom. The first-order valence-corrected chi connectivity index (χ1v) is 11.6. The molecule has 7 heteroatoms. The molecule has 1 amide bonds. The van der Waals surface area contributed by atoms with Crippen LogP contribution in [0, 0.1) is 0 Å². The first kappa shape index (κ1) is 20.9. The number of piperidine rings is 1. The van der Waals surface area contributed by atoms with Crippen molar-refractivity contribution in [1.29, 1.82) is 0 Å². The highest BCUT2D eigenvalue weighted by molar-refractivity contribution is 6.30. The van der Waals surface area contributed by atoms with Crippen molar-refractivity contribution in [2.45, 2.75) is 49.3 Å². The SMILES string of the molecule is O=C(COc1ccc(Cl)cc1)NC12CC(N3CCC(Oc4ccc(Cl)cc4)CC3)(C1)C2. The molecule has 31 heavy (non-hydrogen) atoms. The van der Waals surface area contributed by atoms with E-state index in [-0.39, 0.29) is 29.7 Å². The number of hydrogen-bond donors (Lipinski definition) is 1. The van der Waals surface area contributed by atoms with E-state index >= 15 is 0 Å². The molecule has 2 aromatic carbocycles. The summed E-state index contributed by atoms with van der Waals surface area (Å²) in [6, 6.07) is 14.6. The lowest BCUT2D eigenvalue weighted by Crippen LogP contribution is -2.84. The Morgan fingerprint density at radius 2 is 1.48 bits per heavy atom. The molecule has 164 valence electrons. The Hall–Kier alpha value is -1.95. The fourth-order valence-electron chi connectivity index (χ4n) is 5.37. The molecule has 4 fully saturated rings. The molecule has 0 unspecified atom stereocenters. The summed E-state index contributed by atoms with van der Waals surface area (Å²) in [7, 11) is 0. The second kappa shape index (κ2) is 8.19. The molecule has 0 aromatic heterocycles. The summed E-state index contributed by atoms with van der Waals surface area (Å²) in [5, 5.41) is 4.57. The van der Waals surface area contributed by atoms with Gasteiger partial charge in [0, 0.05) is 34.2 Å². The number of nitrogens with one attached hydrogen (secondary N) is 1. The maximum Gasteiger partial charge on any atom is 0.258 e. The zero-order chi connectivity index (χ0) is 21.5. The smallest absolute Gasteiger partial charge is 0.258 e. The van der Waals surface area contributed by atoms with Crippen LogP contribution in [0.25, 0.3) is 0 Å². The van der Waals surface area contributed by atoms with E-state index in [2.05, 4.69) is 10.2 Å². The Morgan fingerprint density at radius 3 is 2.06 bits per heavy atom. The van der Waals surface area contributed by atoms with Gasteiger partial charge in [-0.3, -0.25) is 9.69 Å². The van der Waals surface area contributed by atoms with Gasteiger partial charge in [-0.1, -0.05) is 23.2 Å². The lowest BCUT2D eigenvalue weighted by Gasteiger charge is -2.74. The van der Waals surface area contributed by atoms with Crippen LogP contribution in [0.1, 0.15) is 32.1 Å². The highest BCUT2D eigenvalue weighted by Crippen LogP contribution is 2.63. The largest absolute Gasteiger partial charge is 0.490 e. The molecule has 2 bridgehead atoms. The second-order valence-electron chi connectivity index (χ2n) is 9.08. The summed E-state index contributed by atoms with van der Waals surface area (Å²) >= 11 is 11.8. The minimum absolute atomic E-state index is 0.0307. The van der Waals surface area contributed by atoms with Crippen molar-refractivity contribution in [3.63, 3.8) is 0 Å². The summed E-state index contributed by atoms with van der Waals surface area (Å²) in [4.78, 5) is 14.9. The molecular formula is C24H26Cl2N2O3. The van der Waals surface area contributed by atoms with Gasteiger partial charge in [0.2, 0.25) is 0 Å². The lowest BCUT2D eigenvalue weighted by atomic mass is 9.43. The standard InChI is InChI=1S/C24H26Cl2N2O3/c25-17-1-5-19(6-2-17)30-13-22(29)27-23-14-24(15-23,16-23)28-11-9-21(10-12-28)31-20-7-3-18(26)4-8-20/h1-8,21H,9-16H2,(H,27,29). The highest BCUT2D eigenvalue weighted by atomic mass is 35.5. The zero-order valence-corrected chi connectivity index (χ0v) is 18.8. The zero-order valence-electron chi connectivity index (χ0n) is 17.3. The van der Waals surface area contributed by atoms with Crippen LogP contribution in [0.3, 0.4) is 0 Å². The Balaban J connectivity index is 1.04. The molecule has 1 heterocycles. The minimum Gasteiger partial charge on any atom is -0.490 e. The van der Waals surface area contributed by atoms with Crippen molar-refractivity contribution in [2.24, 2.45) is 0 Å². The summed E-state index contributed by atoms with van der Waals surface area (Å²) in [5.74, 6) is 1.48. The second-order valence-corrected chi connectivity index (χ2v) is 9.96. The quantitative estimate of drug-likeness (QED) is 0.649. The molecule has 1 aliphatic heterocycles. The van der Waals surface area contributed by atoms with Crippen LogP contribution < -0.4 is 14.8 Å². The molecule has 6 rings (SSSR count). The number of nitrogens with zero attached hydrogens (tertiary/aromatic N) is 1. The molecule has 1 saturated heterocycles. The highest BCUT2D eigenvalue weighted by Gasteiger charge is 2.70. The number of likely N-dealkylation sites (tertiary alicyclic amines) is 1. The number of ether oxygens (including phenoxy) is 2. The number of carbonyl (C=O) groups is 1. The topological polar surface area (TPSA) is 50.8 Å². The molecule has 2 aromatic rings. The van der Waals surface area contributed by atoms with Crippen LogP contribution in [0.2, 0.25) is 10.0 Å². The third-order valence-corrected chi connectivity index (χ3v) is 7.32. The molecule has 3 saturated carbocycles. The van der Waals surface area contributed by atoms with E-state index in [0.29, 0.717) is 10.8 Å². The summed E-state index contributed by atoms with van der Waals surface area (Å²) in [5.41, 5.74) is 0.243. The Labute approximate surface area is 192 Å². The number of carbonyl (C=O) groups excluding carboxylic acids is 1. The van der Waals surface area contributed by atoms with Crippen LogP contribution >= 0.6 is 23.2 Å². The molecule has 0 atom stereocenters. The molecule has 4 aliphatic rings. The van der Waals surface area contributed by atoms with Gasteiger partial charge >= 0.3 is 0 Å². The van der Waals surface area contributed by atoms with Crippen LogP contribution in [-0.4, -0.2) is 47.7 Å². The van der Waals surface area contributed by atoms with Crippen LogP contribution in [0.4, 0.5) is 0 Å². The average molecular weight is 461 g/mol. The van der Waals surface area contributed by atoms with Crippen molar-refractivity contribution in [2.75, 3.05) is 19.7 Å². The first-order chi connectivity index (χ1) is 14.9. The van der Waals surface area contributed by atoms with E-state index in [4.69, 9.17) is 32.7 Å². The number of amides is 1. The van der Waals surface area contributed by atoms with Gasteiger partial charge in [-0.15, -0.1) is 0 Å². The number of hydrogen-bond acceptors (Lipinski definition) is 4. The van der Waals surface area contributed by atoms with Gasteiger partial charge in [0.15, 0.2) is 6.61 Å².